The molecule has 5 rings (SSSR count). The number of aromatic nitrogens is 4. The van der Waals surface area contributed by atoms with Gasteiger partial charge in [-0.1, -0.05) is 0 Å². The van der Waals surface area contributed by atoms with Crippen LogP contribution < -0.4 is 15.4 Å². The molecule has 0 atom stereocenters. The van der Waals surface area contributed by atoms with Crippen LogP contribution in [0.2, 0.25) is 0 Å². The molecule has 0 radical (unpaired) electrons. The van der Waals surface area contributed by atoms with Gasteiger partial charge in [-0.15, -0.1) is 0 Å². The number of nitrogens with one attached hydrogen (secondary N) is 3. The van der Waals surface area contributed by atoms with Crippen LogP contribution >= 0.6 is 0 Å². The van der Waals surface area contributed by atoms with E-state index in [4.69, 9.17) is 4.74 Å². The van der Waals surface area contributed by atoms with Crippen LogP contribution in [0.4, 0.5) is 5.69 Å². The van der Waals surface area contributed by atoms with Gasteiger partial charge in [0.2, 0.25) is 11.8 Å². The number of hydrogen-bond donors (Lipinski definition) is 3. The smallest absolute Gasteiger partial charge is 0.227 e. The van der Waals surface area contributed by atoms with Crippen LogP contribution in [0, 0.1) is 5.92 Å². The Kier molecular flexibility index (Phi) is 5.68. The number of pyridine rings is 3. The molecular weight excluding hydrogens is 404 g/mol. The minimum absolute atomic E-state index is 0.000788. The maximum absolute atomic E-state index is 12.9. The van der Waals surface area contributed by atoms with Gasteiger partial charge < -0.3 is 20.4 Å². The van der Waals surface area contributed by atoms with Crippen LogP contribution in [-0.4, -0.2) is 39.0 Å². The largest absolute Gasteiger partial charge is 0.481 e. The highest BCUT2D eigenvalue weighted by Gasteiger charge is 2.26. The van der Waals surface area contributed by atoms with E-state index in [-0.39, 0.29) is 11.8 Å². The van der Waals surface area contributed by atoms with Gasteiger partial charge in [-0.3, -0.25) is 9.78 Å². The normalized spacial score (nSPS) is 18.7. The predicted octanol–water partition coefficient (Wildman–Crippen LogP) is 3.80. The standard InChI is InChI=1S/C24H26N6O2/c1-32-21-9-8-19-22(30-21)20(10-12-25-19)29-24(31)15-4-6-17(7-5-15)27-14-18-13-16-3-2-11-26-23(16)28-18/h2-3,8-13,15,17,27H,4-7,14H2,1H3,(H,26,28)(H,25,29,31). The number of fused-ring (bicyclic) bond motifs is 2. The number of ether oxygens (including phenoxy) is 1. The lowest BCUT2D eigenvalue weighted by Gasteiger charge is -2.28. The van der Waals surface area contributed by atoms with Crippen molar-refractivity contribution in [1.29, 1.82) is 0 Å². The molecule has 8 nitrogen and oxygen atoms in total. The number of hydrogen-bond acceptors (Lipinski definition) is 6. The Morgan fingerprint density at radius 2 is 2.00 bits per heavy atom. The molecule has 0 aliphatic heterocycles. The summed E-state index contributed by atoms with van der Waals surface area (Å²) in [5, 5.41) is 7.81. The first-order chi connectivity index (χ1) is 15.7. The number of methoxy groups -OCH3 is 1. The molecule has 0 spiro atoms. The van der Waals surface area contributed by atoms with Crippen molar-refractivity contribution < 1.29 is 9.53 Å². The van der Waals surface area contributed by atoms with Gasteiger partial charge in [0.25, 0.3) is 0 Å². The first-order valence-corrected chi connectivity index (χ1v) is 11.0. The van der Waals surface area contributed by atoms with Crippen LogP contribution in [0.5, 0.6) is 5.88 Å². The highest BCUT2D eigenvalue weighted by molar-refractivity contribution is 6.00. The monoisotopic (exact) mass is 430 g/mol. The minimum Gasteiger partial charge on any atom is -0.481 e. The van der Waals surface area contributed by atoms with Crippen molar-refractivity contribution in [2.45, 2.75) is 38.3 Å². The molecule has 4 aromatic heterocycles. The van der Waals surface area contributed by atoms with E-state index in [9.17, 15) is 4.79 Å². The molecule has 1 aliphatic carbocycles. The van der Waals surface area contributed by atoms with Crippen LogP contribution in [0.3, 0.4) is 0 Å². The molecule has 8 heteroatoms. The molecule has 32 heavy (non-hydrogen) atoms. The Labute approximate surface area is 185 Å². The number of nitrogens with zero attached hydrogens (tertiary/aromatic N) is 3. The number of carbonyl (C=O) groups is 1. The highest BCUT2D eigenvalue weighted by Crippen LogP contribution is 2.28. The summed E-state index contributed by atoms with van der Waals surface area (Å²) < 4.78 is 5.22. The first kappa shape index (κ1) is 20.4. The minimum atomic E-state index is -0.000788. The van der Waals surface area contributed by atoms with Crippen LogP contribution in [0.1, 0.15) is 31.4 Å². The molecule has 0 saturated heterocycles. The van der Waals surface area contributed by atoms with Gasteiger partial charge in [-0.05, 0) is 56.0 Å². The van der Waals surface area contributed by atoms with E-state index in [0.717, 1.165) is 54.5 Å². The highest BCUT2D eigenvalue weighted by atomic mass is 16.5. The van der Waals surface area contributed by atoms with Crippen LogP contribution in [0.15, 0.2) is 48.8 Å². The van der Waals surface area contributed by atoms with E-state index in [1.807, 2.05) is 12.1 Å². The van der Waals surface area contributed by atoms with Crippen molar-refractivity contribution in [3.05, 3.63) is 54.5 Å². The molecule has 1 fully saturated rings. The molecule has 0 bridgehead atoms. The molecule has 3 N–H and O–H groups in total. The number of amides is 1. The second-order valence-corrected chi connectivity index (χ2v) is 8.23. The topological polar surface area (TPSA) is 105 Å². The van der Waals surface area contributed by atoms with E-state index >= 15 is 0 Å². The summed E-state index contributed by atoms with van der Waals surface area (Å²) >= 11 is 0. The van der Waals surface area contributed by atoms with Crippen molar-refractivity contribution in [3.8, 4) is 5.88 Å². The van der Waals surface area contributed by atoms with Crippen LogP contribution in [0.25, 0.3) is 22.1 Å². The van der Waals surface area contributed by atoms with Gasteiger partial charge in [0, 0.05) is 48.0 Å². The third-order valence-corrected chi connectivity index (χ3v) is 6.15. The lowest BCUT2D eigenvalue weighted by Crippen LogP contribution is -2.36. The van der Waals surface area contributed by atoms with Crippen molar-refractivity contribution in [1.82, 2.24) is 25.3 Å². The SMILES string of the molecule is COc1ccc2nccc(NC(=O)C3CCC(NCc4cc5cccnc5[nH]4)CC3)c2n1. The molecule has 4 aromatic rings. The summed E-state index contributed by atoms with van der Waals surface area (Å²) in [4.78, 5) is 29.4. The van der Waals surface area contributed by atoms with Gasteiger partial charge in [0.05, 0.1) is 18.3 Å². The van der Waals surface area contributed by atoms with Crippen molar-refractivity contribution in [2.24, 2.45) is 5.92 Å². The molecule has 0 unspecified atom stereocenters. The summed E-state index contributed by atoms with van der Waals surface area (Å²) in [6.07, 6.45) is 7.14. The summed E-state index contributed by atoms with van der Waals surface area (Å²) in [7, 11) is 1.57. The van der Waals surface area contributed by atoms with E-state index < -0.39 is 0 Å². The third-order valence-electron chi connectivity index (χ3n) is 6.15. The van der Waals surface area contributed by atoms with Crippen LogP contribution in [-0.2, 0) is 11.3 Å². The number of rotatable bonds is 6. The molecule has 1 saturated carbocycles. The molecule has 0 aromatic carbocycles. The average Bonchev–Trinajstić information content (AvgIpc) is 3.26. The van der Waals surface area contributed by atoms with Gasteiger partial charge in [0.15, 0.2) is 0 Å². The lowest BCUT2D eigenvalue weighted by atomic mass is 9.85. The molecule has 4 heterocycles. The number of aromatic amines is 1. The van der Waals surface area contributed by atoms with E-state index in [0.29, 0.717) is 23.1 Å². The second-order valence-electron chi connectivity index (χ2n) is 8.23. The lowest BCUT2D eigenvalue weighted by molar-refractivity contribution is -0.120. The third kappa shape index (κ3) is 4.27. The Hall–Kier alpha value is -3.52. The fourth-order valence-electron chi connectivity index (χ4n) is 4.38. The maximum atomic E-state index is 12.9. The Morgan fingerprint density at radius 1 is 1.12 bits per heavy atom. The summed E-state index contributed by atoms with van der Waals surface area (Å²) in [5.41, 5.74) is 4.09. The maximum Gasteiger partial charge on any atom is 0.227 e. The Balaban J connectivity index is 1.16. The second kappa shape index (κ2) is 8.92. The van der Waals surface area contributed by atoms with Gasteiger partial charge >= 0.3 is 0 Å². The quantitative estimate of drug-likeness (QED) is 0.430. The zero-order valence-electron chi connectivity index (χ0n) is 18.0. The Bertz CT molecular complexity index is 1210. The number of carbonyl (C=O) groups excluding carboxylic acids is 1. The fraction of sp³-hybridized carbons (Fsp3) is 0.333. The molecule has 1 amide bonds. The van der Waals surface area contributed by atoms with Crippen molar-refractivity contribution in [2.75, 3.05) is 12.4 Å². The van der Waals surface area contributed by atoms with Gasteiger partial charge in [-0.25, -0.2) is 9.97 Å². The van der Waals surface area contributed by atoms with Gasteiger partial charge in [0.1, 0.15) is 11.2 Å². The number of H-pyrrole nitrogens is 1. The van der Waals surface area contributed by atoms with Crippen molar-refractivity contribution in [3.63, 3.8) is 0 Å². The fourth-order valence-corrected chi connectivity index (χ4v) is 4.38. The number of anilines is 1. The van der Waals surface area contributed by atoms with E-state index in [1.54, 1.807) is 31.6 Å². The predicted molar refractivity (Wildman–Crippen MR) is 123 cm³/mol. The van der Waals surface area contributed by atoms with Crippen molar-refractivity contribution >= 4 is 33.7 Å². The summed E-state index contributed by atoms with van der Waals surface area (Å²) in [5.74, 6) is 0.541. The molecular formula is C24H26N6O2. The van der Waals surface area contributed by atoms with Gasteiger partial charge in [-0.2, -0.15) is 0 Å². The zero-order chi connectivity index (χ0) is 21.9. The zero-order valence-corrected chi connectivity index (χ0v) is 18.0. The summed E-state index contributed by atoms with van der Waals surface area (Å²) in [6, 6.07) is 11.9. The summed E-state index contributed by atoms with van der Waals surface area (Å²) in [6.45, 7) is 0.772. The molecule has 1 aliphatic rings. The molecule has 164 valence electrons. The van der Waals surface area contributed by atoms with E-state index in [1.165, 1.54) is 0 Å². The Morgan fingerprint density at radius 3 is 2.81 bits per heavy atom. The first-order valence-electron chi connectivity index (χ1n) is 11.0. The average molecular weight is 431 g/mol. The van der Waals surface area contributed by atoms with E-state index in [2.05, 4.69) is 42.7 Å².